The summed E-state index contributed by atoms with van der Waals surface area (Å²) in [4.78, 5) is 31.5. The minimum atomic E-state index is -0.105. The lowest BCUT2D eigenvalue weighted by atomic mass is 10.0. The van der Waals surface area contributed by atoms with Crippen LogP contribution in [-0.2, 0) is 11.8 Å². The molecule has 1 aliphatic heterocycles. The van der Waals surface area contributed by atoms with Crippen LogP contribution in [0.25, 0.3) is 0 Å². The number of piperazine rings is 1. The lowest BCUT2D eigenvalue weighted by molar-refractivity contribution is -0.134. The number of Topliss-reactive ketones (excluding diaryl/α,β-unsaturated/α-hetero) is 1. The van der Waals surface area contributed by atoms with Gasteiger partial charge in [0, 0.05) is 57.5 Å². The highest BCUT2D eigenvalue weighted by atomic mass is 16.5. The number of amides is 1. The number of ketones is 1. The van der Waals surface area contributed by atoms with Crippen LogP contribution in [0, 0.1) is 0 Å². The number of carbonyl (C=O) groups is 2. The standard InChI is InChI=1S/C21H28N4O3/c1-3-14-28-17-6-4-16(5-7-17)19(26)8-9-20(27)25-13-10-22-15-18(25)21-23-11-12-24(21)2/h4-7,11-12,18,22H,3,8-10,13-15H2,1-2H3. The van der Waals surface area contributed by atoms with E-state index >= 15 is 0 Å². The largest absolute Gasteiger partial charge is 0.494 e. The van der Waals surface area contributed by atoms with Crippen molar-refractivity contribution in [2.45, 2.75) is 32.2 Å². The molecule has 7 heteroatoms. The third-order valence-electron chi connectivity index (χ3n) is 4.94. The smallest absolute Gasteiger partial charge is 0.223 e. The number of ether oxygens (including phenoxy) is 1. The van der Waals surface area contributed by atoms with Gasteiger partial charge in [0.25, 0.3) is 0 Å². The van der Waals surface area contributed by atoms with Crippen LogP contribution >= 0.6 is 0 Å². The highest BCUT2D eigenvalue weighted by Gasteiger charge is 2.30. The number of imidazole rings is 1. The van der Waals surface area contributed by atoms with E-state index in [1.54, 1.807) is 30.5 Å². The zero-order valence-corrected chi connectivity index (χ0v) is 16.6. The molecule has 1 fully saturated rings. The number of nitrogens with zero attached hydrogens (tertiary/aromatic N) is 3. The van der Waals surface area contributed by atoms with Crippen molar-refractivity contribution >= 4 is 11.7 Å². The fourth-order valence-corrected chi connectivity index (χ4v) is 3.40. The van der Waals surface area contributed by atoms with E-state index in [1.807, 2.05) is 29.6 Å². The maximum atomic E-state index is 12.8. The Hall–Kier alpha value is -2.67. The highest BCUT2D eigenvalue weighted by Crippen LogP contribution is 2.22. The molecule has 1 N–H and O–H groups in total. The molecule has 3 rings (SSSR count). The molecular weight excluding hydrogens is 356 g/mol. The van der Waals surface area contributed by atoms with E-state index in [2.05, 4.69) is 10.3 Å². The van der Waals surface area contributed by atoms with Crippen molar-refractivity contribution in [3.63, 3.8) is 0 Å². The lowest BCUT2D eigenvalue weighted by Gasteiger charge is -2.35. The van der Waals surface area contributed by atoms with Gasteiger partial charge in [0.05, 0.1) is 6.61 Å². The summed E-state index contributed by atoms with van der Waals surface area (Å²) in [6.45, 7) is 4.74. The van der Waals surface area contributed by atoms with Gasteiger partial charge in [0.15, 0.2) is 5.78 Å². The number of nitrogens with one attached hydrogen (secondary N) is 1. The van der Waals surface area contributed by atoms with Crippen LogP contribution in [0.4, 0.5) is 0 Å². The van der Waals surface area contributed by atoms with Gasteiger partial charge >= 0.3 is 0 Å². The minimum Gasteiger partial charge on any atom is -0.494 e. The number of hydrogen-bond donors (Lipinski definition) is 1. The number of benzene rings is 1. The van der Waals surface area contributed by atoms with Crippen molar-refractivity contribution in [2.24, 2.45) is 7.05 Å². The van der Waals surface area contributed by atoms with E-state index in [1.165, 1.54) is 0 Å². The average molecular weight is 384 g/mol. The second-order valence-electron chi connectivity index (χ2n) is 7.00. The van der Waals surface area contributed by atoms with Crippen LogP contribution < -0.4 is 10.1 Å². The third-order valence-corrected chi connectivity index (χ3v) is 4.94. The second-order valence-corrected chi connectivity index (χ2v) is 7.00. The summed E-state index contributed by atoms with van der Waals surface area (Å²) in [5.74, 6) is 1.58. The predicted molar refractivity (Wildman–Crippen MR) is 106 cm³/mol. The first kappa shape index (κ1) is 20.1. The van der Waals surface area contributed by atoms with Crippen LogP contribution in [0.1, 0.15) is 48.4 Å². The quantitative estimate of drug-likeness (QED) is 0.707. The maximum absolute atomic E-state index is 12.8. The molecule has 2 aromatic rings. The van der Waals surface area contributed by atoms with Crippen molar-refractivity contribution in [1.82, 2.24) is 19.8 Å². The van der Waals surface area contributed by atoms with E-state index in [4.69, 9.17) is 4.74 Å². The second kappa shape index (κ2) is 9.50. The van der Waals surface area contributed by atoms with Crippen molar-refractivity contribution < 1.29 is 14.3 Å². The van der Waals surface area contributed by atoms with Crippen molar-refractivity contribution in [3.8, 4) is 5.75 Å². The first-order valence-electron chi connectivity index (χ1n) is 9.83. The monoisotopic (exact) mass is 384 g/mol. The molecule has 0 spiro atoms. The van der Waals surface area contributed by atoms with E-state index in [0.717, 1.165) is 24.5 Å². The van der Waals surface area contributed by atoms with Gasteiger partial charge in [-0.15, -0.1) is 0 Å². The molecule has 1 aromatic carbocycles. The summed E-state index contributed by atoms with van der Waals surface area (Å²) in [7, 11) is 1.93. The van der Waals surface area contributed by atoms with Crippen molar-refractivity contribution in [2.75, 3.05) is 26.2 Å². The van der Waals surface area contributed by atoms with Gasteiger partial charge < -0.3 is 19.5 Å². The van der Waals surface area contributed by atoms with Crippen molar-refractivity contribution in [1.29, 1.82) is 0 Å². The zero-order valence-electron chi connectivity index (χ0n) is 16.6. The van der Waals surface area contributed by atoms with Gasteiger partial charge in [-0.1, -0.05) is 6.92 Å². The van der Waals surface area contributed by atoms with Crippen LogP contribution in [-0.4, -0.2) is 52.4 Å². The highest BCUT2D eigenvalue weighted by molar-refractivity contribution is 5.98. The molecule has 7 nitrogen and oxygen atoms in total. The minimum absolute atomic E-state index is 0.00857. The maximum Gasteiger partial charge on any atom is 0.223 e. The fraction of sp³-hybridized carbons (Fsp3) is 0.476. The van der Waals surface area contributed by atoms with Crippen LogP contribution in [0.15, 0.2) is 36.7 Å². The summed E-state index contributed by atoms with van der Waals surface area (Å²) in [5.41, 5.74) is 0.609. The topological polar surface area (TPSA) is 76.5 Å². The van der Waals surface area contributed by atoms with E-state index in [0.29, 0.717) is 25.3 Å². The predicted octanol–water partition coefficient (Wildman–Crippen LogP) is 2.34. The molecule has 1 unspecified atom stereocenters. The average Bonchev–Trinajstić information content (AvgIpc) is 3.16. The molecule has 1 amide bonds. The number of carbonyl (C=O) groups excluding carboxylic acids is 2. The Kier molecular flexibility index (Phi) is 6.81. The van der Waals surface area contributed by atoms with Crippen molar-refractivity contribution in [3.05, 3.63) is 48.0 Å². The molecule has 150 valence electrons. The Morgan fingerprint density at radius 1 is 1.25 bits per heavy atom. The fourth-order valence-electron chi connectivity index (χ4n) is 3.40. The number of rotatable bonds is 8. The molecular formula is C21H28N4O3. The van der Waals surface area contributed by atoms with Gasteiger partial charge in [-0.3, -0.25) is 9.59 Å². The first-order valence-corrected chi connectivity index (χ1v) is 9.83. The zero-order chi connectivity index (χ0) is 19.9. The SMILES string of the molecule is CCCOc1ccc(C(=O)CCC(=O)N2CCNCC2c2nccn2C)cc1. The summed E-state index contributed by atoms with van der Waals surface area (Å²) in [5, 5.41) is 3.32. The Morgan fingerprint density at radius 2 is 2.04 bits per heavy atom. The molecule has 1 aliphatic rings. The number of hydrogen-bond acceptors (Lipinski definition) is 5. The summed E-state index contributed by atoms with van der Waals surface area (Å²) < 4.78 is 7.47. The lowest BCUT2D eigenvalue weighted by Crippen LogP contribution is -2.49. The van der Waals surface area contributed by atoms with E-state index in [9.17, 15) is 9.59 Å². The molecule has 1 aromatic heterocycles. The summed E-state index contributed by atoms with van der Waals surface area (Å²) >= 11 is 0. The molecule has 0 radical (unpaired) electrons. The van der Waals surface area contributed by atoms with Gasteiger partial charge in [-0.25, -0.2) is 4.98 Å². The van der Waals surface area contributed by atoms with Gasteiger partial charge in [0.2, 0.25) is 5.91 Å². The number of aromatic nitrogens is 2. The molecule has 0 aliphatic carbocycles. The van der Waals surface area contributed by atoms with Crippen LogP contribution in [0.2, 0.25) is 0 Å². The number of aryl methyl sites for hydroxylation is 1. The van der Waals surface area contributed by atoms with Gasteiger partial charge in [-0.2, -0.15) is 0 Å². The molecule has 1 atom stereocenters. The Morgan fingerprint density at radius 3 is 2.71 bits per heavy atom. The first-order chi connectivity index (χ1) is 13.6. The molecule has 1 saturated heterocycles. The van der Waals surface area contributed by atoms with E-state index in [-0.39, 0.29) is 30.6 Å². The Balaban J connectivity index is 1.57. The Labute approximate surface area is 165 Å². The van der Waals surface area contributed by atoms with E-state index < -0.39 is 0 Å². The summed E-state index contributed by atoms with van der Waals surface area (Å²) in [6.07, 6.45) is 4.96. The molecule has 0 saturated carbocycles. The Bertz CT molecular complexity index is 800. The normalized spacial score (nSPS) is 16.8. The van der Waals surface area contributed by atoms with Crippen LogP contribution in [0.3, 0.4) is 0 Å². The van der Waals surface area contributed by atoms with Gasteiger partial charge in [0.1, 0.15) is 17.6 Å². The molecule has 28 heavy (non-hydrogen) atoms. The summed E-state index contributed by atoms with van der Waals surface area (Å²) in [6, 6.07) is 7.03. The third kappa shape index (κ3) is 4.78. The molecule has 2 heterocycles. The molecule has 0 bridgehead atoms. The van der Waals surface area contributed by atoms with Crippen LogP contribution in [0.5, 0.6) is 5.75 Å². The van der Waals surface area contributed by atoms with Gasteiger partial charge in [-0.05, 0) is 30.7 Å².